The highest BCUT2D eigenvalue weighted by molar-refractivity contribution is 6.33. The predicted octanol–water partition coefficient (Wildman–Crippen LogP) is 5.36. The fourth-order valence-corrected chi connectivity index (χ4v) is 3.75. The van der Waals surface area contributed by atoms with Crippen LogP contribution in [0.25, 0.3) is 0 Å². The van der Waals surface area contributed by atoms with Gasteiger partial charge in [0.05, 0.1) is 15.6 Å². The number of non-ortho nitro benzene ring substituents is 1. The summed E-state index contributed by atoms with van der Waals surface area (Å²) in [7, 11) is 0. The maximum atomic E-state index is 10.8. The van der Waals surface area contributed by atoms with Crippen LogP contribution in [0, 0.1) is 16.0 Å². The maximum Gasteiger partial charge on any atom is 0.271 e. The van der Waals surface area contributed by atoms with E-state index in [-0.39, 0.29) is 5.69 Å². The first-order chi connectivity index (χ1) is 11.5. The smallest absolute Gasteiger partial charge is 0.271 e. The van der Waals surface area contributed by atoms with Gasteiger partial charge in [0.15, 0.2) is 0 Å². The number of nitro groups is 1. The Labute approximate surface area is 151 Å². The largest absolute Gasteiger partial charge is 0.370 e. The number of nitrogens with zero attached hydrogens (tertiary/aromatic N) is 2. The number of hydrogen-bond donors (Lipinski definition) is 0. The lowest BCUT2D eigenvalue weighted by atomic mass is 9.90. The molecule has 0 atom stereocenters. The van der Waals surface area contributed by atoms with Crippen LogP contribution in [0.1, 0.15) is 18.4 Å². The van der Waals surface area contributed by atoms with Crippen molar-refractivity contribution in [1.82, 2.24) is 0 Å². The molecule has 0 radical (unpaired) electrons. The predicted molar refractivity (Wildman–Crippen MR) is 98.2 cm³/mol. The molecule has 1 fully saturated rings. The number of halogens is 2. The van der Waals surface area contributed by atoms with Crippen molar-refractivity contribution in [3.8, 4) is 0 Å². The number of benzene rings is 2. The molecule has 0 aliphatic carbocycles. The van der Waals surface area contributed by atoms with Gasteiger partial charge in [0.25, 0.3) is 5.69 Å². The van der Waals surface area contributed by atoms with E-state index in [4.69, 9.17) is 23.2 Å². The Morgan fingerprint density at radius 1 is 1.12 bits per heavy atom. The van der Waals surface area contributed by atoms with Gasteiger partial charge in [0.2, 0.25) is 0 Å². The summed E-state index contributed by atoms with van der Waals surface area (Å²) in [5, 5.41) is 12.0. The molecule has 0 spiro atoms. The number of rotatable bonds is 4. The Bertz CT molecular complexity index is 744. The summed E-state index contributed by atoms with van der Waals surface area (Å²) in [6.07, 6.45) is 3.17. The molecule has 24 heavy (non-hydrogen) atoms. The van der Waals surface area contributed by atoms with Crippen molar-refractivity contribution in [2.24, 2.45) is 5.92 Å². The van der Waals surface area contributed by atoms with Crippen molar-refractivity contribution < 1.29 is 4.92 Å². The summed E-state index contributed by atoms with van der Waals surface area (Å²) in [5.74, 6) is 0.622. The van der Waals surface area contributed by atoms with Crippen LogP contribution in [0.5, 0.6) is 0 Å². The molecule has 1 aliphatic heterocycles. The van der Waals surface area contributed by atoms with Gasteiger partial charge in [-0.15, -0.1) is 0 Å². The fourth-order valence-electron chi connectivity index (χ4n) is 3.24. The first kappa shape index (κ1) is 17.1. The molecule has 1 heterocycles. The van der Waals surface area contributed by atoms with Crippen molar-refractivity contribution in [1.29, 1.82) is 0 Å². The standard InChI is InChI=1S/C18H18Cl2N2O2/c19-15-3-1-2-14(11-15)10-13-6-8-21(9-7-13)18-5-4-16(22(23)24)12-17(18)20/h1-5,11-13H,6-10H2. The third kappa shape index (κ3) is 4.00. The van der Waals surface area contributed by atoms with Gasteiger partial charge in [-0.1, -0.05) is 35.3 Å². The van der Waals surface area contributed by atoms with Gasteiger partial charge in [-0.2, -0.15) is 0 Å². The minimum Gasteiger partial charge on any atom is -0.370 e. The Kier molecular flexibility index (Phi) is 5.27. The highest BCUT2D eigenvalue weighted by Gasteiger charge is 2.22. The van der Waals surface area contributed by atoms with Gasteiger partial charge in [-0.3, -0.25) is 10.1 Å². The molecule has 0 aromatic heterocycles. The quantitative estimate of drug-likeness (QED) is 0.541. The second kappa shape index (κ2) is 7.41. The second-order valence-electron chi connectivity index (χ2n) is 6.16. The van der Waals surface area contributed by atoms with Crippen LogP contribution < -0.4 is 4.90 Å². The SMILES string of the molecule is O=[N+]([O-])c1ccc(N2CCC(Cc3cccc(Cl)c3)CC2)c(Cl)c1. The van der Waals surface area contributed by atoms with Gasteiger partial charge < -0.3 is 4.90 Å². The zero-order valence-electron chi connectivity index (χ0n) is 13.1. The Balaban J connectivity index is 1.62. The molecule has 0 unspecified atom stereocenters. The molecule has 6 heteroatoms. The molecule has 0 N–H and O–H groups in total. The van der Waals surface area contributed by atoms with Crippen molar-refractivity contribution in [2.75, 3.05) is 18.0 Å². The lowest BCUT2D eigenvalue weighted by Crippen LogP contribution is -2.34. The van der Waals surface area contributed by atoms with E-state index in [0.717, 1.165) is 43.1 Å². The van der Waals surface area contributed by atoms with Crippen molar-refractivity contribution in [2.45, 2.75) is 19.3 Å². The van der Waals surface area contributed by atoms with Crippen molar-refractivity contribution in [3.63, 3.8) is 0 Å². The number of hydrogen-bond acceptors (Lipinski definition) is 3. The van der Waals surface area contributed by atoms with Gasteiger partial charge in [0.1, 0.15) is 0 Å². The Morgan fingerprint density at radius 3 is 2.50 bits per heavy atom. The van der Waals surface area contributed by atoms with E-state index in [1.54, 1.807) is 6.07 Å². The van der Waals surface area contributed by atoms with E-state index in [9.17, 15) is 10.1 Å². The fraction of sp³-hybridized carbons (Fsp3) is 0.333. The van der Waals surface area contributed by atoms with Crippen LogP contribution in [0.3, 0.4) is 0 Å². The zero-order chi connectivity index (χ0) is 17.1. The molecule has 4 nitrogen and oxygen atoms in total. The van der Waals surface area contributed by atoms with Gasteiger partial charge in [-0.05, 0) is 48.9 Å². The summed E-state index contributed by atoms with van der Waals surface area (Å²) in [6, 6.07) is 12.7. The Morgan fingerprint density at radius 2 is 1.88 bits per heavy atom. The normalized spacial score (nSPS) is 15.5. The second-order valence-corrected chi connectivity index (χ2v) is 7.00. The van der Waals surface area contributed by atoms with E-state index >= 15 is 0 Å². The van der Waals surface area contributed by atoms with E-state index in [1.165, 1.54) is 17.7 Å². The summed E-state index contributed by atoms with van der Waals surface area (Å²) in [5.41, 5.74) is 2.18. The van der Waals surface area contributed by atoms with E-state index in [0.29, 0.717) is 10.9 Å². The van der Waals surface area contributed by atoms with Crippen LogP contribution in [-0.2, 0) is 6.42 Å². The molecular weight excluding hydrogens is 347 g/mol. The molecule has 2 aromatic rings. The van der Waals surface area contributed by atoms with E-state index < -0.39 is 4.92 Å². The molecule has 0 amide bonds. The molecular formula is C18H18Cl2N2O2. The average molecular weight is 365 g/mol. The van der Waals surface area contributed by atoms with Crippen molar-refractivity contribution >= 4 is 34.6 Å². The molecule has 0 saturated carbocycles. The first-order valence-electron chi connectivity index (χ1n) is 7.96. The monoisotopic (exact) mass is 364 g/mol. The average Bonchev–Trinajstić information content (AvgIpc) is 2.55. The topological polar surface area (TPSA) is 46.4 Å². The lowest BCUT2D eigenvalue weighted by Gasteiger charge is -2.34. The minimum atomic E-state index is -0.424. The van der Waals surface area contributed by atoms with E-state index in [2.05, 4.69) is 11.0 Å². The van der Waals surface area contributed by atoms with Crippen LogP contribution in [-0.4, -0.2) is 18.0 Å². The van der Waals surface area contributed by atoms with Crippen LogP contribution >= 0.6 is 23.2 Å². The first-order valence-corrected chi connectivity index (χ1v) is 8.72. The zero-order valence-corrected chi connectivity index (χ0v) is 14.6. The van der Waals surface area contributed by atoms with Crippen LogP contribution in [0.2, 0.25) is 10.0 Å². The van der Waals surface area contributed by atoms with Crippen LogP contribution in [0.15, 0.2) is 42.5 Å². The molecule has 2 aromatic carbocycles. The number of anilines is 1. The minimum absolute atomic E-state index is 0.0274. The highest BCUT2D eigenvalue weighted by atomic mass is 35.5. The summed E-state index contributed by atoms with van der Waals surface area (Å²) in [4.78, 5) is 12.6. The van der Waals surface area contributed by atoms with Gasteiger partial charge in [-0.25, -0.2) is 0 Å². The highest BCUT2D eigenvalue weighted by Crippen LogP contribution is 2.33. The summed E-state index contributed by atoms with van der Waals surface area (Å²) >= 11 is 12.3. The molecule has 3 rings (SSSR count). The third-order valence-electron chi connectivity index (χ3n) is 4.51. The maximum absolute atomic E-state index is 10.8. The molecule has 1 aliphatic rings. The summed E-state index contributed by atoms with van der Waals surface area (Å²) < 4.78 is 0. The Hall–Kier alpha value is -1.78. The molecule has 126 valence electrons. The van der Waals surface area contributed by atoms with E-state index in [1.807, 2.05) is 18.2 Å². The van der Waals surface area contributed by atoms with Gasteiger partial charge in [0, 0.05) is 30.2 Å². The lowest BCUT2D eigenvalue weighted by molar-refractivity contribution is -0.384. The summed E-state index contributed by atoms with van der Waals surface area (Å²) in [6.45, 7) is 1.81. The van der Waals surface area contributed by atoms with Crippen molar-refractivity contribution in [3.05, 3.63) is 68.2 Å². The molecule has 1 saturated heterocycles. The van der Waals surface area contributed by atoms with Crippen LogP contribution in [0.4, 0.5) is 11.4 Å². The van der Waals surface area contributed by atoms with Gasteiger partial charge >= 0.3 is 0 Å². The third-order valence-corrected chi connectivity index (χ3v) is 5.05. The number of piperidine rings is 1. The molecule has 0 bridgehead atoms. The number of nitro benzene ring substituents is 1.